The van der Waals surface area contributed by atoms with Gasteiger partial charge in [-0.1, -0.05) is 22.0 Å². The van der Waals surface area contributed by atoms with Gasteiger partial charge in [-0.2, -0.15) is 0 Å². The molecule has 3 rings (SSSR count). The van der Waals surface area contributed by atoms with Crippen molar-refractivity contribution in [2.45, 2.75) is 12.8 Å². The Morgan fingerprint density at radius 3 is 2.68 bits per heavy atom. The maximum Gasteiger partial charge on any atom is 0.308 e. The first kappa shape index (κ1) is 15.1. The van der Waals surface area contributed by atoms with Gasteiger partial charge in [0.15, 0.2) is 5.76 Å². The van der Waals surface area contributed by atoms with Crippen molar-refractivity contribution in [1.29, 1.82) is 0 Å². The minimum absolute atomic E-state index is 0.112. The van der Waals surface area contributed by atoms with E-state index in [4.69, 9.17) is 9.15 Å². The van der Waals surface area contributed by atoms with Gasteiger partial charge in [0.1, 0.15) is 5.58 Å². The van der Waals surface area contributed by atoms with Crippen LogP contribution in [0.3, 0.4) is 0 Å². The number of nitrogens with zero attached hydrogens (tertiary/aromatic N) is 1. The lowest BCUT2D eigenvalue weighted by Crippen LogP contribution is -2.40. The predicted molar refractivity (Wildman–Crippen MR) is 84.6 cm³/mol. The Balaban J connectivity index is 1.74. The highest BCUT2D eigenvalue weighted by Gasteiger charge is 2.29. The zero-order valence-electron chi connectivity index (χ0n) is 12.2. The van der Waals surface area contributed by atoms with Crippen molar-refractivity contribution < 1.29 is 18.7 Å². The van der Waals surface area contributed by atoms with Gasteiger partial charge in [0, 0.05) is 22.9 Å². The molecule has 1 aromatic heterocycles. The Labute approximate surface area is 136 Å². The van der Waals surface area contributed by atoms with E-state index in [1.54, 1.807) is 11.0 Å². The molecule has 2 aromatic rings. The van der Waals surface area contributed by atoms with Gasteiger partial charge in [-0.05, 0) is 31.0 Å². The van der Waals surface area contributed by atoms with Crippen LogP contribution in [0.25, 0.3) is 11.0 Å². The molecule has 1 aliphatic rings. The molecule has 1 amide bonds. The maximum atomic E-state index is 12.5. The number of piperidine rings is 1. The number of halogens is 1. The molecule has 0 unspecified atom stereocenters. The van der Waals surface area contributed by atoms with Gasteiger partial charge in [-0.3, -0.25) is 9.59 Å². The zero-order chi connectivity index (χ0) is 15.7. The van der Waals surface area contributed by atoms with Gasteiger partial charge in [0.05, 0.1) is 13.0 Å². The van der Waals surface area contributed by atoms with Crippen LogP contribution in [0.15, 0.2) is 33.2 Å². The average molecular weight is 366 g/mol. The first-order chi connectivity index (χ1) is 10.6. The van der Waals surface area contributed by atoms with Crippen molar-refractivity contribution in [3.63, 3.8) is 0 Å². The van der Waals surface area contributed by atoms with Crippen molar-refractivity contribution in [1.82, 2.24) is 4.90 Å². The summed E-state index contributed by atoms with van der Waals surface area (Å²) in [5.41, 5.74) is 0.683. The number of rotatable bonds is 2. The number of benzene rings is 1. The number of methoxy groups -OCH3 is 1. The lowest BCUT2D eigenvalue weighted by atomic mass is 9.97. The second kappa shape index (κ2) is 6.12. The molecular formula is C16H16BrNO4. The molecule has 0 spiro atoms. The molecule has 5 nitrogen and oxygen atoms in total. The van der Waals surface area contributed by atoms with Crippen molar-refractivity contribution in [3.8, 4) is 0 Å². The summed E-state index contributed by atoms with van der Waals surface area (Å²) in [6, 6.07) is 7.37. The fraction of sp³-hybridized carbons (Fsp3) is 0.375. The number of ether oxygens (including phenoxy) is 1. The van der Waals surface area contributed by atoms with E-state index in [0.717, 1.165) is 9.86 Å². The van der Waals surface area contributed by atoms with Crippen LogP contribution >= 0.6 is 15.9 Å². The van der Waals surface area contributed by atoms with Gasteiger partial charge in [-0.25, -0.2) is 0 Å². The Morgan fingerprint density at radius 2 is 2.05 bits per heavy atom. The molecule has 0 N–H and O–H groups in total. The van der Waals surface area contributed by atoms with Crippen molar-refractivity contribution >= 4 is 38.8 Å². The molecule has 0 saturated carbocycles. The van der Waals surface area contributed by atoms with Crippen LogP contribution in [0.1, 0.15) is 23.4 Å². The second-order valence-electron chi connectivity index (χ2n) is 5.35. The molecule has 1 fully saturated rings. The van der Waals surface area contributed by atoms with Crippen LogP contribution in [0.4, 0.5) is 0 Å². The third kappa shape index (κ3) is 2.75. The molecule has 1 aliphatic heterocycles. The van der Waals surface area contributed by atoms with Crippen LogP contribution in [0.2, 0.25) is 0 Å². The molecule has 1 aromatic carbocycles. The van der Waals surface area contributed by atoms with E-state index in [0.29, 0.717) is 37.3 Å². The fourth-order valence-corrected chi connectivity index (χ4v) is 3.23. The Bertz CT molecular complexity index is 716. The molecule has 0 atom stereocenters. The van der Waals surface area contributed by atoms with Crippen LogP contribution in [0.5, 0.6) is 0 Å². The molecule has 116 valence electrons. The predicted octanol–water partition coefficient (Wildman–Crippen LogP) is 3.22. The molecule has 0 bridgehead atoms. The summed E-state index contributed by atoms with van der Waals surface area (Å²) in [7, 11) is 1.39. The molecule has 22 heavy (non-hydrogen) atoms. The topological polar surface area (TPSA) is 59.8 Å². The number of likely N-dealkylation sites (tertiary alicyclic amines) is 1. The number of carbonyl (C=O) groups excluding carboxylic acids is 2. The van der Waals surface area contributed by atoms with E-state index >= 15 is 0 Å². The Kier molecular flexibility index (Phi) is 4.20. The fourth-order valence-electron chi connectivity index (χ4n) is 2.77. The molecule has 1 saturated heterocycles. The monoisotopic (exact) mass is 365 g/mol. The summed E-state index contributed by atoms with van der Waals surface area (Å²) in [6.45, 7) is 1.08. The molecular weight excluding hydrogens is 350 g/mol. The van der Waals surface area contributed by atoms with Gasteiger partial charge >= 0.3 is 5.97 Å². The summed E-state index contributed by atoms with van der Waals surface area (Å²) in [5.74, 6) is -0.108. The van der Waals surface area contributed by atoms with Gasteiger partial charge in [0.2, 0.25) is 0 Å². The van der Waals surface area contributed by atoms with Gasteiger partial charge < -0.3 is 14.1 Å². The number of esters is 1. The quantitative estimate of drug-likeness (QED) is 0.766. The number of fused-ring (bicyclic) bond motifs is 1. The van der Waals surface area contributed by atoms with Crippen molar-refractivity contribution in [2.24, 2.45) is 5.92 Å². The van der Waals surface area contributed by atoms with Crippen LogP contribution < -0.4 is 0 Å². The summed E-state index contributed by atoms with van der Waals surface area (Å²) in [5, 5.41) is 0.885. The lowest BCUT2D eigenvalue weighted by molar-refractivity contribution is -0.146. The highest BCUT2D eigenvalue weighted by Crippen LogP contribution is 2.28. The summed E-state index contributed by atoms with van der Waals surface area (Å²) in [4.78, 5) is 25.8. The molecule has 6 heteroatoms. The molecule has 0 aliphatic carbocycles. The largest absolute Gasteiger partial charge is 0.469 e. The Morgan fingerprint density at radius 1 is 1.32 bits per heavy atom. The van der Waals surface area contributed by atoms with E-state index in [-0.39, 0.29) is 17.8 Å². The minimum atomic E-state index is -0.195. The SMILES string of the molecule is COC(=O)C1CCN(C(=O)c2cc3c(Br)cccc3o2)CC1. The van der Waals surface area contributed by atoms with Gasteiger partial charge in [0.25, 0.3) is 5.91 Å². The standard InChI is InChI=1S/C16H16BrNO4/c1-21-16(20)10-5-7-18(8-6-10)15(19)14-9-11-12(17)3-2-4-13(11)22-14/h2-4,9-10H,5-8H2,1H3. The van der Waals surface area contributed by atoms with E-state index in [1.807, 2.05) is 18.2 Å². The van der Waals surface area contributed by atoms with E-state index < -0.39 is 0 Å². The second-order valence-corrected chi connectivity index (χ2v) is 6.21. The third-order valence-electron chi connectivity index (χ3n) is 4.04. The number of amides is 1. The minimum Gasteiger partial charge on any atom is -0.469 e. The van der Waals surface area contributed by atoms with E-state index in [1.165, 1.54) is 7.11 Å². The normalized spacial score (nSPS) is 16.0. The van der Waals surface area contributed by atoms with Crippen molar-refractivity contribution in [2.75, 3.05) is 20.2 Å². The highest BCUT2D eigenvalue weighted by atomic mass is 79.9. The van der Waals surface area contributed by atoms with Crippen LogP contribution in [-0.4, -0.2) is 37.0 Å². The molecule has 2 heterocycles. The summed E-state index contributed by atoms with van der Waals surface area (Å²) >= 11 is 3.45. The van der Waals surface area contributed by atoms with E-state index in [2.05, 4.69) is 15.9 Å². The first-order valence-corrected chi connectivity index (χ1v) is 7.94. The van der Waals surface area contributed by atoms with E-state index in [9.17, 15) is 9.59 Å². The smallest absolute Gasteiger partial charge is 0.308 e. The first-order valence-electron chi connectivity index (χ1n) is 7.15. The maximum absolute atomic E-state index is 12.5. The highest BCUT2D eigenvalue weighted by molar-refractivity contribution is 9.10. The van der Waals surface area contributed by atoms with Gasteiger partial charge in [-0.15, -0.1) is 0 Å². The molecule has 0 radical (unpaired) electrons. The number of carbonyl (C=O) groups is 2. The number of furan rings is 1. The number of hydrogen-bond acceptors (Lipinski definition) is 4. The van der Waals surface area contributed by atoms with Crippen LogP contribution in [0, 0.1) is 5.92 Å². The van der Waals surface area contributed by atoms with Crippen LogP contribution in [-0.2, 0) is 9.53 Å². The Hall–Kier alpha value is -1.82. The number of hydrogen-bond donors (Lipinski definition) is 0. The summed E-state index contributed by atoms with van der Waals surface area (Å²) < 4.78 is 11.3. The summed E-state index contributed by atoms with van der Waals surface area (Å²) in [6.07, 6.45) is 1.25. The average Bonchev–Trinajstić information content (AvgIpc) is 2.99. The zero-order valence-corrected chi connectivity index (χ0v) is 13.8. The van der Waals surface area contributed by atoms with Crippen molar-refractivity contribution in [3.05, 3.63) is 34.5 Å². The third-order valence-corrected chi connectivity index (χ3v) is 4.73. The lowest BCUT2D eigenvalue weighted by Gasteiger charge is -2.29.